The van der Waals surface area contributed by atoms with Crippen molar-refractivity contribution < 1.29 is 0 Å². The molecule has 0 N–H and O–H groups in total. The molecule has 0 radical (unpaired) electrons. The number of rotatable bonds is 3. The highest BCUT2D eigenvalue weighted by Gasteiger charge is 2.20. The second-order valence-electron chi connectivity index (χ2n) is 5.84. The van der Waals surface area contributed by atoms with Gasteiger partial charge < -0.3 is 4.90 Å². The summed E-state index contributed by atoms with van der Waals surface area (Å²) in [6.07, 6.45) is 4.02. The second-order valence-corrected chi connectivity index (χ2v) is 7.26. The first kappa shape index (κ1) is 15.4. The maximum atomic E-state index is 3.73. The molecule has 1 unspecified atom stereocenters. The van der Waals surface area contributed by atoms with E-state index in [9.17, 15) is 0 Å². The van der Waals surface area contributed by atoms with Gasteiger partial charge in [-0.3, -0.25) is 0 Å². The molecule has 1 saturated heterocycles. The second kappa shape index (κ2) is 7.12. The average Bonchev–Trinajstić information content (AvgIpc) is 2.64. The van der Waals surface area contributed by atoms with Crippen LogP contribution >= 0.6 is 31.9 Å². The van der Waals surface area contributed by atoms with Crippen molar-refractivity contribution in [2.24, 2.45) is 11.8 Å². The molecule has 106 valence electrons. The van der Waals surface area contributed by atoms with Crippen LogP contribution in [0.4, 0.5) is 5.69 Å². The summed E-state index contributed by atoms with van der Waals surface area (Å²) in [7, 11) is 0. The van der Waals surface area contributed by atoms with Crippen LogP contribution in [0, 0.1) is 11.8 Å². The minimum atomic E-state index is 0.819. The Bertz CT molecular complexity index is 417. The van der Waals surface area contributed by atoms with Gasteiger partial charge in [-0.1, -0.05) is 35.8 Å². The Kier molecular flexibility index (Phi) is 5.76. The summed E-state index contributed by atoms with van der Waals surface area (Å²) >= 11 is 7.24. The van der Waals surface area contributed by atoms with Crippen LogP contribution in [-0.4, -0.2) is 13.1 Å². The highest BCUT2D eigenvalue weighted by Crippen LogP contribution is 2.32. The van der Waals surface area contributed by atoms with Crippen LogP contribution in [0.25, 0.3) is 0 Å². The predicted octanol–water partition coefficient (Wildman–Crippen LogP) is 5.61. The van der Waals surface area contributed by atoms with Gasteiger partial charge in [0.05, 0.1) is 5.69 Å². The lowest BCUT2D eigenvalue weighted by atomic mass is 9.89. The number of hydrogen-bond acceptors (Lipinski definition) is 1. The summed E-state index contributed by atoms with van der Waals surface area (Å²) in [6, 6.07) is 6.71. The molecular formula is C16H23Br2N. The first-order valence-electron chi connectivity index (χ1n) is 7.21. The molecule has 0 bridgehead atoms. The van der Waals surface area contributed by atoms with E-state index in [-0.39, 0.29) is 0 Å². The summed E-state index contributed by atoms with van der Waals surface area (Å²) < 4.78 is 1.23. The molecule has 0 aromatic heterocycles. The van der Waals surface area contributed by atoms with E-state index in [1.165, 1.54) is 48.1 Å². The molecule has 1 fully saturated rings. The van der Waals surface area contributed by atoms with Crippen LogP contribution in [0.2, 0.25) is 0 Å². The van der Waals surface area contributed by atoms with E-state index in [1.807, 2.05) is 0 Å². The maximum absolute atomic E-state index is 3.73. The summed E-state index contributed by atoms with van der Waals surface area (Å²) in [5, 5.41) is 0.918. The third-order valence-corrected chi connectivity index (χ3v) is 5.51. The Balaban J connectivity index is 2.10. The van der Waals surface area contributed by atoms with Crippen LogP contribution in [-0.2, 0) is 5.33 Å². The molecule has 0 aliphatic carbocycles. The van der Waals surface area contributed by atoms with E-state index >= 15 is 0 Å². The number of anilines is 1. The fourth-order valence-electron chi connectivity index (χ4n) is 2.92. The van der Waals surface area contributed by atoms with Gasteiger partial charge in [0.2, 0.25) is 0 Å². The number of nitrogens with zero attached hydrogens (tertiary/aromatic N) is 1. The molecule has 19 heavy (non-hydrogen) atoms. The Morgan fingerprint density at radius 3 is 2.68 bits per heavy atom. The molecule has 1 aromatic carbocycles. The number of halogens is 2. The monoisotopic (exact) mass is 387 g/mol. The normalized spacial score (nSPS) is 20.7. The number of hydrogen-bond donors (Lipinski definition) is 0. The highest BCUT2D eigenvalue weighted by molar-refractivity contribution is 9.10. The SMILES string of the molecule is CC(C)C1CCCN(c2ccc(CBr)cc2Br)CC1. The van der Waals surface area contributed by atoms with Crippen molar-refractivity contribution >= 4 is 37.5 Å². The van der Waals surface area contributed by atoms with Crippen molar-refractivity contribution in [3.05, 3.63) is 28.2 Å². The van der Waals surface area contributed by atoms with Crippen molar-refractivity contribution in [3.63, 3.8) is 0 Å². The molecule has 1 nitrogen and oxygen atoms in total. The van der Waals surface area contributed by atoms with Gasteiger partial charge in [0.1, 0.15) is 0 Å². The molecule has 3 heteroatoms. The van der Waals surface area contributed by atoms with Crippen molar-refractivity contribution in [1.29, 1.82) is 0 Å². The lowest BCUT2D eigenvalue weighted by Gasteiger charge is -2.25. The van der Waals surface area contributed by atoms with E-state index < -0.39 is 0 Å². The Morgan fingerprint density at radius 2 is 2.05 bits per heavy atom. The molecule has 2 rings (SSSR count). The fourth-order valence-corrected chi connectivity index (χ4v) is 3.95. The zero-order valence-corrected chi connectivity index (χ0v) is 15.0. The Labute approximate surface area is 134 Å². The summed E-state index contributed by atoms with van der Waals surface area (Å²) in [5.74, 6) is 1.71. The van der Waals surface area contributed by atoms with Crippen LogP contribution in [0.15, 0.2) is 22.7 Å². The van der Waals surface area contributed by atoms with Gasteiger partial charge in [0.15, 0.2) is 0 Å². The Hall–Kier alpha value is -0.0200. The molecule has 1 aromatic rings. The topological polar surface area (TPSA) is 3.24 Å². The first-order valence-corrected chi connectivity index (χ1v) is 9.12. The molecule has 1 aliphatic heterocycles. The first-order chi connectivity index (χ1) is 9.11. The van der Waals surface area contributed by atoms with Crippen LogP contribution in [0.1, 0.15) is 38.7 Å². The number of benzene rings is 1. The van der Waals surface area contributed by atoms with E-state index in [1.54, 1.807) is 0 Å². The van der Waals surface area contributed by atoms with Crippen molar-refractivity contribution in [2.45, 2.75) is 38.4 Å². The van der Waals surface area contributed by atoms with E-state index in [0.717, 1.165) is 17.2 Å². The van der Waals surface area contributed by atoms with Crippen LogP contribution < -0.4 is 4.90 Å². The van der Waals surface area contributed by atoms with Gasteiger partial charge in [-0.2, -0.15) is 0 Å². The fraction of sp³-hybridized carbons (Fsp3) is 0.625. The van der Waals surface area contributed by atoms with E-state index in [4.69, 9.17) is 0 Å². The minimum Gasteiger partial charge on any atom is -0.371 e. The molecule has 1 aliphatic rings. The van der Waals surface area contributed by atoms with Crippen LogP contribution in [0.5, 0.6) is 0 Å². The van der Waals surface area contributed by atoms with Crippen molar-refractivity contribution in [3.8, 4) is 0 Å². The smallest absolute Gasteiger partial charge is 0.0510 e. The molecule has 0 amide bonds. The predicted molar refractivity (Wildman–Crippen MR) is 91.2 cm³/mol. The minimum absolute atomic E-state index is 0.819. The molecule has 1 atom stereocenters. The molecular weight excluding hydrogens is 366 g/mol. The van der Waals surface area contributed by atoms with Gasteiger partial charge in [-0.15, -0.1) is 0 Å². The zero-order valence-electron chi connectivity index (χ0n) is 11.8. The highest BCUT2D eigenvalue weighted by atomic mass is 79.9. The largest absolute Gasteiger partial charge is 0.371 e. The lowest BCUT2D eigenvalue weighted by Crippen LogP contribution is -2.24. The van der Waals surface area contributed by atoms with Gasteiger partial charge in [-0.05, 0) is 64.7 Å². The number of alkyl halides is 1. The zero-order chi connectivity index (χ0) is 13.8. The lowest BCUT2D eigenvalue weighted by molar-refractivity contribution is 0.351. The van der Waals surface area contributed by atoms with Crippen LogP contribution in [0.3, 0.4) is 0 Å². The Morgan fingerprint density at radius 1 is 1.26 bits per heavy atom. The molecule has 1 heterocycles. The van der Waals surface area contributed by atoms with Crippen molar-refractivity contribution in [2.75, 3.05) is 18.0 Å². The van der Waals surface area contributed by atoms with Gasteiger partial charge in [0, 0.05) is 22.9 Å². The standard InChI is InChI=1S/C16H23Br2N/c1-12(2)14-4-3-8-19(9-7-14)16-6-5-13(11-17)10-15(16)18/h5-6,10,12,14H,3-4,7-9,11H2,1-2H3. The molecule has 0 saturated carbocycles. The quantitative estimate of drug-likeness (QED) is 0.608. The van der Waals surface area contributed by atoms with Gasteiger partial charge in [-0.25, -0.2) is 0 Å². The summed E-state index contributed by atoms with van der Waals surface area (Å²) in [4.78, 5) is 2.55. The molecule has 0 spiro atoms. The van der Waals surface area contributed by atoms with Gasteiger partial charge >= 0.3 is 0 Å². The van der Waals surface area contributed by atoms with E-state index in [2.05, 4.69) is 68.8 Å². The maximum Gasteiger partial charge on any atom is 0.0510 e. The third-order valence-electron chi connectivity index (χ3n) is 4.22. The summed E-state index contributed by atoms with van der Waals surface area (Å²) in [5.41, 5.74) is 2.68. The summed E-state index contributed by atoms with van der Waals surface area (Å²) in [6.45, 7) is 7.10. The third kappa shape index (κ3) is 3.98. The van der Waals surface area contributed by atoms with E-state index in [0.29, 0.717) is 0 Å². The van der Waals surface area contributed by atoms with Gasteiger partial charge in [0.25, 0.3) is 0 Å². The van der Waals surface area contributed by atoms with Crippen molar-refractivity contribution in [1.82, 2.24) is 0 Å². The average molecular weight is 389 g/mol.